The molecule has 0 bridgehead atoms. The second kappa shape index (κ2) is 9.47. The number of nitrogens with zero attached hydrogens (tertiary/aromatic N) is 2. The van der Waals surface area contributed by atoms with Gasteiger partial charge in [0.25, 0.3) is 0 Å². The fraction of sp³-hybridized carbons (Fsp3) is 0.261. The minimum Gasteiger partial charge on any atom is -0.336 e. The van der Waals surface area contributed by atoms with Gasteiger partial charge in [-0.25, -0.2) is 4.98 Å². The van der Waals surface area contributed by atoms with Crippen molar-refractivity contribution < 1.29 is 9.59 Å². The van der Waals surface area contributed by atoms with Crippen molar-refractivity contribution in [2.24, 2.45) is 0 Å². The van der Waals surface area contributed by atoms with Crippen LogP contribution in [0.1, 0.15) is 23.7 Å². The molecule has 0 unspecified atom stereocenters. The van der Waals surface area contributed by atoms with E-state index in [1.54, 1.807) is 7.05 Å². The molecule has 3 aromatic rings. The van der Waals surface area contributed by atoms with E-state index in [4.69, 9.17) is 0 Å². The van der Waals surface area contributed by atoms with Crippen LogP contribution in [0.15, 0.2) is 53.9 Å². The van der Waals surface area contributed by atoms with Crippen LogP contribution in [-0.4, -0.2) is 35.3 Å². The highest BCUT2D eigenvalue weighted by Gasteiger charge is 2.16. The highest BCUT2D eigenvalue weighted by Crippen LogP contribution is 2.24. The van der Waals surface area contributed by atoms with Crippen molar-refractivity contribution in [3.05, 3.63) is 70.7 Å². The number of carbonyl (C=O) groups is 2. The number of benzene rings is 2. The molecule has 2 aromatic carbocycles. The summed E-state index contributed by atoms with van der Waals surface area (Å²) in [6.45, 7) is 4.09. The van der Waals surface area contributed by atoms with E-state index in [1.165, 1.54) is 21.8 Å². The number of para-hydroxylation sites is 1. The van der Waals surface area contributed by atoms with Crippen molar-refractivity contribution in [3.8, 4) is 10.6 Å². The maximum atomic E-state index is 12.5. The smallest absolute Gasteiger partial charge is 0.243 e. The summed E-state index contributed by atoms with van der Waals surface area (Å²) in [4.78, 5) is 30.9. The lowest BCUT2D eigenvalue weighted by Gasteiger charge is -2.17. The monoisotopic (exact) mass is 407 g/mol. The zero-order chi connectivity index (χ0) is 20.8. The second-order valence-corrected chi connectivity index (χ2v) is 7.85. The molecule has 6 heteroatoms. The molecule has 3 rings (SSSR count). The summed E-state index contributed by atoms with van der Waals surface area (Å²) in [5, 5.41) is 5.69. The lowest BCUT2D eigenvalue weighted by atomic mass is 10.1. The van der Waals surface area contributed by atoms with Crippen molar-refractivity contribution in [2.45, 2.75) is 26.7 Å². The van der Waals surface area contributed by atoms with E-state index in [0.29, 0.717) is 0 Å². The van der Waals surface area contributed by atoms with Crippen LogP contribution in [0, 0.1) is 6.92 Å². The summed E-state index contributed by atoms with van der Waals surface area (Å²) in [7, 11) is 1.64. The van der Waals surface area contributed by atoms with Gasteiger partial charge in [-0.3, -0.25) is 9.59 Å². The predicted molar refractivity (Wildman–Crippen MR) is 118 cm³/mol. The van der Waals surface area contributed by atoms with Crippen molar-refractivity contribution >= 4 is 28.8 Å². The van der Waals surface area contributed by atoms with E-state index in [-0.39, 0.29) is 24.8 Å². The summed E-state index contributed by atoms with van der Waals surface area (Å²) >= 11 is 1.52. The zero-order valence-electron chi connectivity index (χ0n) is 16.9. The Balaban J connectivity index is 1.56. The first kappa shape index (κ1) is 20.7. The Morgan fingerprint density at radius 3 is 2.55 bits per heavy atom. The lowest BCUT2D eigenvalue weighted by molar-refractivity contribution is -0.132. The van der Waals surface area contributed by atoms with Crippen LogP contribution in [0.25, 0.3) is 10.6 Å². The van der Waals surface area contributed by atoms with E-state index in [0.717, 1.165) is 33.9 Å². The molecule has 0 saturated heterocycles. The molecule has 0 aliphatic carbocycles. The fourth-order valence-corrected chi connectivity index (χ4v) is 3.78. The molecule has 0 saturated carbocycles. The quantitative estimate of drug-likeness (QED) is 0.634. The molecule has 1 N–H and O–H groups in total. The molecule has 5 nitrogen and oxygen atoms in total. The van der Waals surface area contributed by atoms with Gasteiger partial charge in [-0.1, -0.05) is 55.0 Å². The van der Waals surface area contributed by atoms with Crippen LogP contribution in [-0.2, 0) is 22.4 Å². The van der Waals surface area contributed by atoms with Gasteiger partial charge in [0.15, 0.2) is 0 Å². The third kappa shape index (κ3) is 5.51. The number of hydrogen-bond acceptors (Lipinski definition) is 4. The Morgan fingerprint density at radius 1 is 1.10 bits per heavy atom. The summed E-state index contributed by atoms with van der Waals surface area (Å²) in [5.41, 5.74) is 4.83. The van der Waals surface area contributed by atoms with Gasteiger partial charge in [0.2, 0.25) is 11.8 Å². The van der Waals surface area contributed by atoms with Gasteiger partial charge in [0.1, 0.15) is 5.01 Å². The van der Waals surface area contributed by atoms with E-state index in [1.807, 2.05) is 67.8 Å². The highest BCUT2D eigenvalue weighted by molar-refractivity contribution is 7.13. The Kier molecular flexibility index (Phi) is 6.77. The second-order valence-electron chi connectivity index (χ2n) is 7.00. The predicted octanol–water partition coefficient (Wildman–Crippen LogP) is 4.32. The average molecular weight is 408 g/mol. The highest BCUT2D eigenvalue weighted by atomic mass is 32.1. The minimum absolute atomic E-state index is 0.00579. The Morgan fingerprint density at radius 2 is 1.83 bits per heavy atom. The molecule has 1 heterocycles. The molecule has 0 aliphatic heterocycles. The largest absolute Gasteiger partial charge is 0.336 e. The van der Waals surface area contributed by atoms with Gasteiger partial charge in [-0.2, -0.15) is 0 Å². The third-order valence-corrected chi connectivity index (χ3v) is 5.60. The van der Waals surface area contributed by atoms with Crippen LogP contribution in [0.4, 0.5) is 5.69 Å². The van der Waals surface area contributed by atoms with Crippen LogP contribution in [0.3, 0.4) is 0 Å². The fourth-order valence-electron chi connectivity index (χ4n) is 2.95. The molecule has 29 heavy (non-hydrogen) atoms. The van der Waals surface area contributed by atoms with Gasteiger partial charge >= 0.3 is 0 Å². The van der Waals surface area contributed by atoms with Crippen LogP contribution >= 0.6 is 11.3 Å². The van der Waals surface area contributed by atoms with E-state index in [9.17, 15) is 9.59 Å². The number of thiazole rings is 1. The van der Waals surface area contributed by atoms with Crippen LogP contribution < -0.4 is 5.32 Å². The van der Waals surface area contributed by atoms with Gasteiger partial charge in [-0.05, 0) is 25.0 Å². The van der Waals surface area contributed by atoms with E-state index in [2.05, 4.69) is 10.3 Å². The first-order chi connectivity index (χ1) is 14.0. The molecule has 0 fully saturated rings. The first-order valence-corrected chi connectivity index (χ1v) is 10.5. The van der Waals surface area contributed by atoms with Gasteiger partial charge in [0, 0.05) is 23.7 Å². The summed E-state index contributed by atoms with van der Waals surface area (Å²) in [6.07, 6.45) is 1.01. The molecule has 150 valence electrons. The third-order valence-electron chi connectivity index (χ3n) is 4.66. The van der Waals surface area contributed by atoms with E-state index < -0.39 is 0 Å². The topological polar surface area (TPSA) is 62.3 Å². The number of aromatic nitrogens is 1. The number of likely N-dealkylation sites (N-methyl/N-ethyl adjacent to an activating group) is 1. The van der Waals surface area contributed by atoms with Crippen molar-refractivity contribution in [3.63, 3.8) is 0 Å². The Labute approximate surface area is 175 Å². The van der Waals surface area contributed by atoms with Crippen molar-refractivity contribution in [1.82, 2.24) is 9.88 Å². The zero-order valence-corrected chi connectivity index (χ0v) is 17.8. The normalized spacial score (nSPS) is 10.6. The average Bonchev–Trinajstić information content (AvgIpc) is 3.17. The first-order valence-electron chi connectivity index (χ1n) is 9.59. The Bertz CT molecular complexity index is 995. The standard InChI is InChI=1S/C23H25N3O2S/c1-4-17-7-5-6-8-20(17)25-21(27)14-26(3)22(28)13-19-15-29-23(24-19)18-11-9-16(2)10-12-18/h5-12,15H,4,13-14H2,1-3H3,(H,25,27). The number of amides is 2. The maximum Gasteiger partial charge on any atom is 0.243 e. The van der Waals surface area contributed by atoms with Crippen LogP contribution in [0.2, 0.25) is 0 Å². The SMILES string of the molecule is CCc1ccccc1NC(=O)CN(C)C(=O)Cc1csc(-c2ccc(C)cc2)n1. The summed E-state index contributed by atoms with van der Waals surface area (Å²) < 4.78 is 0. The van der Waals surface area contributed by atoms with E-state index >= 15 is 0 Å². The molecule has 0 spiro atoms. The molecule has 2 amide bonds. The molecule has 1 aromatic heterocycles. The van der Waals surface area contributed by atoms with Crippen molar-refractivity contribution in [2.75, 3.05) is 18.9 Å². The minimum atomic E-state index is -0.208. The summed E-state index contributed by atoms with van der Waals surface area (Å²) in [6, 6.07) is 15.9. The molecule has 0 aliphatic rings. The number of carbonyl (C=O) groups excluding carboxylic acids is 2. The molecular formula is C23H25N3O2S. The Hall–Kier alpha value is -2.99. The number of hydrogen-bond donors (Lipinski definition) is 1. The van der Waals surface area contributed by atoms with Crippen molar-refractivity contribution in [1.29, 1.82) is 0 Å². The summed E-state index contributed by atoms with van der Waals surface area (Å²) in [5.74, 6) is -0.343. The van der Waals surface area contributed by atoms with Gasteiger partial charge in [0.05, 0.1) is 18.7 Å². The lowest BCUT2D eigenvalue weighted by Crippen LogP contribution is -2.36. The number of rotatable bonds is 7. The maximum absolute atomic E-state index is 12.5. The van der Waals surface area contributed by atoms with Crippen LogP contribution in [0.5, 0.6) is 0 Å². The number of nitrogens with one attached hydrogen (secondary N) is 1. The molecular weight excluding hydrogens is 382 g/mol. The molecule has 0 radical (unpaired) electrons. The number of anilines is 1. The van der Waals surface area contributed by atoms with Gasteiger partial charge in [-0.15, -0.1) is 11.3 Å². The molecule has 0 atom stereocenters. The number of aryl methyl sites for hydroxylation is 2. The van der Waals surface area contributed by atoms with Gasteiger partial charge < -0.3 is 10.2 Å².